The minimum Gasteiger partial charge on any atom is -0.378 e. The number of carbonyl (C=O) groups is 1. The van der Waals surface area contributed by atoms with Gasteiger partial charge in [-0.25, -0.2) is 0 Å². The standard InChI is InChI=1S/C26H23F3N6O3S/c1-16-11-12-21(35(37)38)14-22(16)31-24(36)17(2)39-25-33-32-23(34(25)20-9-4-3-5-10-20)15-30-19-8-6-7-18(13-19)26(27,28)29/h3-14,17,30H,15H2,1-2H3,(H,31,36)/t17-/m1/s1. The molecule has 2 N–H and O–H groups in total. The third-order valence-corrected chi connectivity index (χ3v) is 6.74. The molecule has 0 aliphatic rings. The molecule has 0 fully saturated rings. The number of benzene rings is 3. The number of alkyl halides is 3. The number of carbonyl (C=O) groups excluding carboxylic acids is 1. The molecule has 0 bridgehead atoms. The molecule has 0 saturated heterocycles. The number of aromatic nitrogens is 3. The number of nitrogens with one attached hydrogen (secondary N) is 2. The number of thioether (sulfide) groups is 1. The van der Waals surface area contributed by atoms with Gasteiger partial charge >= 0.3 is 6.18 Å². The van der Waals surface area contributed by atoms with E-state index in [-0.39, 0.29) is 17.9 Å². The minimum absolute atomic E-state index is 0.0667. The molecule has 0 unspecified atom stereocenters. The maximum Gasteiger partial charge on any atom is 0.416 e. The number of amides is 1. The summed E-state index contributed by atoms with van der Waals surface area (Å²) < 4.78 is 41.0. The van der Waals surface area contributed by atoms with E-state index in [0.717, 1.165) is 23.9 Å². The number of rotatable bonds is 9. The highest BCUT2D eigenvalue weighted by Crippen LogP contribution is 2.31. The second-order valence-corrected chi connectivity index (χ2v) is 9.82. The van der Waals surface area contributed by atoms with E-state index in [1.54, 1.807) is 24.5 Å². The van der Waals surface area contributed by atoms with Crippen LogP contribution in [0.3, 0.4) is 0 Å². The van der Waals surface area contributed by atoms with Crippen molar-refractivity contribution < 1.29 is 22.9 Å². The van der Waals surface area contributed by atoms with E-state index in [1.165, 1.54) is 24.3 Å². The number of nitro benzene ring substituents is 1. The SMILES string of the molecule is Cc1ccc([N+](=O)[O-])cc1NC(=O)[C@@H](C)Sc1nnc(CNc2cccc(C(F)(F)F)c2)n1-c1ccccc1. The van der Waals surface area contributed by atoms with E-state index in [1.807, 2.05) is 30.3 Å². The largest absolute Gasteiger partial charge is 0.416 e. The van der Waals surface area contributed by atoms with Gasteiger partial charge in [0.05, 0.1) is 28.0 Å². The second-order valence-electron chi connectivity index (χ2n) is 8.51. The minimum atomic E-state index is -4.47. The number of para-hydroxylation sites is 1. The number of non-ortho nitro benzene ring substituents is 1. The molecule has 1 heterocycles. The summed E-state index contributed by atoms with van der Waals surface area (Å²) in [6.07, 6.45) is -4.47. The second kappa shape index (κ2) is 11.6. The number of nitrogens with zero attached hydrogens (tertiary/aromatic N) is 4. The molecule has 202 valence electrons. The van der Waals surface area contributed by atoms with Crippen molar-refractivity contribution in [3.05, 3.63) is 99.9 Å². The lowest BCUT2D eigenvalue weighted by Gasteiger charge is -2.15. The van der Waals surface area contributed by atoms with Crippen molar-refractivity contribution in [2.75, 3.05) is 10.6 Å². The summed E-state index contributed by atoms with van der Waals surface area (Å²) in [6, 6.07) is 18.2. The topological polar surface area (TPSA) is 115 Å². The Balaban J connectivity index is 1.55. The first-order valence-electron chi connectivity index (χ1n) is 11.7. The van der Waals surface area contributed by atoms with Gasteiger partial charge in [0, 0.05) is 23.5 Å². The van der Waals surface area contributed by atoms with Crippen LogP contribution >= 0.6 is 11.8 Å². The molecule has 0 aliphatic heterocycles. The smallest absolute Gasteiger partial charge is 0.378 e. The van der Waals surface area contributed by atoms with Crippen LogP contribution in [-0.4, -0.2) is 30.8 Å². The predicted molar refractivity (Wildman–Crippen MR) is 142 cm³/mol. The Hall–Kier alpha value is -4.39. The summed E-state index contributed by atoms with van der Waals surface area (Å²) in [5, 5.41) is 25.0. The third kappa shape index (κ3) is 6.74. The van der Waals surface area contributed by atoms with Gasteiger partial charge in [-0.2, -0.15) is 13.2 Å². The van der Waals surface area contributed by atoms with E-state index >= 15 is 0 Å². The Morgan fingerprint density at radius 2 is 1.82 bits per heavy atom. The Morgan fingerprint density at radius 3 is 2.51 bits per heavy atom. The van der Waals surface area contributed by atoms with Gasteiger partial charge in [-0.3, -0.25) is 19.5 Å². The van der Waals surface area contributed by atoms with Gasteiger partial charge < -0.3 is 10.6 Å². The van der Waals surface area contributed by atoms with E-state index < -0.39 is 27.8 Å². The van der Waals surface area contributed by atoms with Crippen molar-refractivity contribution in [2.24, 2.45) is 0 Å². The van der Waals surface area contributed by atoms with Crippen LogP contribution in [0, 0.1) is 17.0 Å². The summed E-state index contributed by atoms with van der Waals surface area (Å²) in [4.78, 5) is 23.5. The highest BCUT2D eigenvalue weighted by Gasteiger charge is 2.30. The average Bonchev–Trinajstić information content (AvgIpc) is 3.30. The molecule has 0 saturated carbocycles. The van der Waals surface area contributed by atoms with Crippen LogP contribution < -0.4 is 10.6 Å². The van der Waals surface area contributed by atoms with E-state index in [0.29, 0.717) is 27.9 Å². The zero-order valence-electron chi connectivity index (χ0n) is 20.8. The average molecular weight is 557 g/mol. The Labute approximate surface area is 225 Å². The van der Waals surface area contributed by atoms with E-state index in [2.05, 4.69) is 20.8 Å². The Morgan fingerprint density at radius 1 is 1.08 bits per heavy atom. The summed E-state index contributed by atoms with van der Waals surface area (Å²) in [6.45, 7) is 3.46. The number of aryl methyl sites for hydroxylation is 1. The zero-order chi connectivity index (χ0) is 28.2. The van der Waals surface area contributed by atoms with Gasteiger partial charge in [-0.05, 0) is 49.7 Å². The van der Waals surface area contributed by atoms with Crippen LogP contribution in [0.5, 0.6) is 0 Å². The molecule has 3 aromatic carbocycles. The van der Waals surface area contributed by atoms with Crippen molar-refractivity contribution in [3.63, 3.8) is 0 Å². The van der Waals surface area contributed by atoms with Crippen molar-refractivity contribution in [1.29, 1.82) is 0 Å². The fourth-order valence-electron chi connectivity index (χ4n) is 3.62. The zero-order valence-corrected chi connectivity index (χ0v) is 21.6. The maximum atomic E-state index is 13.1. The van der Waals surface area contributed by atoms with Gasteiger partial charge in [0.1, 0.15) is 0 Å². The number of nitro groups is 1. The molecule has 1 aromatic heterocycles. The highest BCUT2D eigenvalue weighted by molar-refractivity contribution is 8.00. The summed E-state index contributed by atoms with van der Waals surface area (Å²) in [5.74, 6) is 0.0260. The van der Waals surface area contributed by atoms with Gasteiger partial charge in [0.2, 0.25) is 5.91 Å². The van der Waals surface area contributed by atoms with Crippen LogP contribution in [0.25, 0.3) is 5.69 Å². The van der Waals surface area contributed by atoms with Crippen molar-refractivity contribution >= 4 is 34.7 Å². The summed E-state index contributed by atoms with van der Waals surface area (Å²) in [7, 11) is 0. The molecule has 9 nitrogen and oxygen atoms in total. The summed E-state index contributed by atoms with van der Waals surface area (Å²) in [5.41, 5.74) is 1.05. The van der Waals surface area contributed by atoms with E-state index in [4.69, 9.17) is 0 Å². The quantitative estimate of drug-likeness (QED) is 0.143. The monoisotopic (exact) mass is 556 g/mol. The third-order valence-electron chi connectivity index (χ3n) is 5.70. The molecular formula is C26H23F3N6O3S. The lowest BCUT2D eigenvalue weighted by Crippen LogP contribution is -2.23. The van der Waals surface area contributed by atoms with Gasteiger partial charge in [0.15, 0.2) is 11.0 Å². The first-order valence-corrected chi connectivity index (χ1v) is 12.5. The maximum absolute atomic E-state index is 13.1. The number of hydrogen-bond donors (Lipinski definition) is 2. The molecule has 39 heavy (non-hydrogen) atoms. The van der Waals surface area contributed by atoms with Crippen LogP contribution in [0.15, 0.2) is 78.0 Å². The molecule has 4 rings (SSSR count). The lowest BCUT2D eigenvalue weighted by molar-refractivity contribution is -0.384. The first-order chi connectivity index (χ1) is 18.5. The molecule has 0 spiro atoms. The number of halogens is 3. The fraction of sp³-hybridized carbons (Fsp3) is 0.192. The molecule has 4 aromatic rings. The Kier molecular flexibility index (Phi) is 8.19. The molecule has 0 radical (unpaired) electrons. The molecule has 1 atom stereocenters. The van der Waals surface area contributed by atoms with E-state index in [9.17, 15) is 28.1 Å². The van der Waals surface area contributed by atoms with Gasteiger partial charge in [-0.15, -0.1) is 10.2 Å². The first kappa shape index (κ1) is 27.6. The van der Waals surface area contributed by atoms with Crippen molar-refractivity contribution in [2.45, 2.75) is 37.0 Å². The van der Waals surface area contributed by atoms with Crippen LogP contribution in [0.4, 0.5) is 30.2 Å². The number of hydrogen-bond acceptors (Lipinski definition) is 7. The van der Waals surface area contributed by atoms with Gasteiger partial charge in [0.25, 0.3) is 5.69 Å². The predicted octanol–water partition coefficient (Wildman–Crippen LogP) is 6.23. The summed E-state index contributed by atoms with van der Waals surface area (Å²) >= 11 is 1.12. The van der Waals surface area contributed by atoms with Crippen LogP contribution in [0.1, 0.15) is 23.9 Å². The van der Waals surface area contributed by atoms with Crippen molar-refractivity contribution in [1.82, 2.24) is 14.8 Å². The lowest BCUT2D eigenvalue weighted by atomic mass is 10.2. The molecule has 0 aliphatic carbocycles. The fourth-order valence-corrected chi connectivity index (χ4v) is 4.50. The van der Waals surface area contributed by atoms with Crippen LogP contribution in [-0.2, 0) is 17.5 Å². The number of anilines is 2. The normalized spacial score (nSPS) is 12.1. The highest BCUT2D eigenvalue weighted by atomic mass is 32.2. The van der Waals surface area contributed by atoms with Crippen LogP contribution in [0.2, 0.25) is 0 Å². The van der Waals surface area contributed by atoms with Crippen molar-refractivity contribution in [3.8, 4) is 5.69 Å². The molecule has 1 amide bonds. The molecular weight excluding hydrogens is 533 g/mol. The Bertz CT molecular complexity index is 1490. The molecule has 13 heteroatoms. The van der Waals surface area contributed by atoms with Gasteiger partial charge in [-0.1, -0.05) is 42.1 Å².